The Balaban J connectivity index is 1.48. The van der Waals surface area contributed by atoms with E-state index in [1.807, 2.05) is 0 Å². The molecule has 1 fully saturated rings. The summed E-state index contributed by atoms with van der Waals surface area (Å²) >= 11 is 0. The van der Waals surface area contributed by atoms with Gasteiger partial charge in [-0.1, -0.05) is 93.1 Å². The molecule has 1 aliphatic rings. The number of aromatic nitrogens is 2. The normalized spacial score (nSPS) is 13.7. The van der Waals surface area contributed by atoms with Crippen molar-refractivity contribution in [3.05, 3.63) is 77.0 Å². The molecule has 3 aromatic rings. The summed E-state index contributed by atoms with van der Waals surface area (Å²) in [6.45, 7) is 9.54. The molecule has 0 atom stereocenters. The molecule has 0 spiro atoms. The van der Waals surface area contributed by atoms with E-state index in [-0.39, 0.29) is 0 Å². The summed E-state index contributed by atoms with van der Waals surface area (Å²) in [6, 6.07) is 18.9. The molecular formula is C32H42N4O. The molecule has 4 rings (SSSR count). The maximum absolute atomic E-state index is 12.8. The molecule has 0 N–H and O–H groups in total. The summed E-state index contributed by atoms with van der Waals surface area (Å²) in [6.07, 6.45) is 8.74. The Morgan fingerprint density at radius 1 is 0.838 bits per heavy atom. The van der Waals surface area contributed by atoms with Crippen LogP contribution in [0.5, 0.6) is 0 Å². The van der Waals surface area contributed by atoms with Crippen LogP contribution in [0, 0.1) is 13.8 Å². The molecule has 0 unspecified atom stereocenters. The molecule has 2 aromatic carbocycles. The van der Waals surface area contributed by atoms with Gasteiger partial charge in [-0.2, -0.15) is 0 Å². The van der Waals surface area contributed by atoms with E-state index in [1.165, 1.54) is 42.4 Å². The van der Waals surface area contributed by atoms with E-state index >= 15 is 0 Å². The summed E-state index contributed by atoms with van der Waals surface area (Å²) in [5, 5.41) is 0. The minimum atomic E-state index is 0.305. The predicted octanol–water partition coefficient (Wildman–Crippen LogP) is 6.75. The molecule has 0 bridgehead atoms. The third kappa shape index (κ3) is 7.41. The van der Waals surface area contributed by atoms with Gasteiger partial charge in [0.05, 0.1) is 0 Å². The van der Waals surface area contributed by atoms with Gasteiger partial charge in [0.15, 0.2) is 5.82 Å². The Morgan fingerprint density at radius 3 is 2.30 bits per heavy atom. The number of anilines is 1. The summed E-state index contributed by atoms with van der Waals surface area (Å²) in [5.74, 6) is 2.09. The second-order valence-corrected chi connectivity index (χ2v) is 10.4. The lowest BCUT2D eigenvalue weighted by atomic mass is 10.0. The van der Waals surface area contributed by atoms with Gasteiger partial charge in [0.25, 0.3) is 0 Å². The first-order valence-electron chi connectivity index (χ1n) is 14.1. The van der Waals surface area contributed by atoms with Crippen molar-refractivity contribution in [2.45, 2.75) is 72.1 Å². The minimum absolute atomic E-state index is 0.305. The predicted molar refractivity (Wildman–Crippen MR) is 153 cm³/mol. The van der Waals surface area contributed by atoms with Crippen LogP contribution in [0.3, 0.4) is 0 Å². The van der Waals surface area contributed by atoms with Gasteiger partial charge in [0.2, 0.25) is 5.91 Å². The van der Waals surface area contributed by atoms with Gasteiger partial charge < -0.3 is 9.80 Å². The largest absolute Gasteiger partial charge is 0.353 e. The Morgan fingerprint density at radius 2 is 1.57 bits per heavy atom. The number of carbonyl (C=O) groups excluding carboxylic acids is 1. The van der Waals surface area contributed by atoms with E-state index in [4.69, 9.17) is 9.97 Å². The van der Waals surface area contributed by atoms with E-state index in [2.05, 4.69) is 85.2 Å². The number of nitrogens with zero attached hydrogens (tertiary/aromatic N) is 4. The highest BCUT2D eigenvalue weighted by Crippen LogP contribution is 2.29. The number of hydrogen-bond donors (Lipinski definition) is 0. The van der Waals surface area contributed by atoms with Gasteiger partial charge in [-0.15, -0.1) is 0 Å². The monoisotopic (exact) mass is 498 g/mol. The fourth-order valence-corrected chi connectivity index (χ4v) is 5.15. The summed E-state index contributed by atoms with van der Waals surface area (Å²) in [5.41, 5.74) is 5.70. The molecule has 5 heteroatoms. The van der Waals surface area contributed by atoms with Crippen molar-refractivity contribution in [1.29, 1.82) is 0 Å². The van der Waals surface area contributed by atoms with Gasteiger partial charge in [0.1, 0.15) is 5.82 Å². The van der Waals surface area contributed by atoms with E-state index in [1.54, 1.807) is 0 Å². The molecule has 37 heavy (non-hydrogen) atoms. The van der Waals surface area contributed by atoms with Gasteiger partial charge in [-0.25, -0.2) is 9.97 Å². The highest BCUT2D eigenvalue weighted by atomic mass is 16.2. The Kier molecular flexibility index (Phi) is 9.70. The van der Waals surface area contributed by atoms with Gasteiger partial charge >= 0.3 is 0 Å². The van der Waals surface area contributed by atoms with Crippen LogP contribution in [0.25, 0.3) is 11.4 Å². The van der Waals surface area contributed by atoms with E-state index in [0.717, 1.165) is 68.3 Å². The lowest BCUT2D eigenvalue weighted by Gasteiger charge is -2.36. The van der Waals surface area contributed by atoms with Crippen molar-refractivity contribution in [3.63, 3.8) is 0 Å². The van der Waals surface area contributed by atoms with Crippen molar-refractivity contribution < 1.29 is 4.79 Å². The standard InChI is InChI=1S/C32H42N4O/c1-4-5-6-7-8-12-18-30(37)35-19-21-36(22-20-35)32-29(24-27-15-10-9-11-16-27)26(3)33-31(34-32)28-17-13-14-25(2)23-28/h9-11,13-17,23H,4-8,12,18-22,24H2,1-3H3. The smallest absolute Gasteiger partial charge is 0.222 e. The molecule has 0 saturated carbocycles. The molecule has 1 aromatic heterocycles. The zero-order valence-corrected chi connectivity index (χ0v) is 22.9. The van der Waals surface area contributed by atoms with Crippen molar-refractivity contribution in [2.24, 2.45) is 0 Å². The third-order valence-corrected chi connectivity index (χ3v) is 7.37. The number of unbranched alkanes of at least 4 members (excludes halogenated alkanes) is 5. The number of hydrogen-bond acceptors (Lipinski definition) is 4. The number of rotatable bonds is 11. The Labute approximate surface area is 222 Å². The van der Waals surface area contributed by atoms with Crippen molar-refractivity contribution in [2.75, 3.05) is 31.1 Å². The van der Waals surface area contributed by atoms with Crippen LogP contribution in [-0.2, 0) is 11.2 Å². The second-order valence-electron chi connectivity index (χ2n) is 10.4. The molecule has 196 valence electrons. The maximum Gasteiger partial charge on any atom is 0.222 e. The van der Waals surface area contributed by atoms with Gasteiger partial charge in [0, 0.05) is 55.8 Å². The first-order valence-corrected chi connectivity index (χ1v) is 14.1. The lowest BCUT2D eigenvalue weighted by Crippen LogP contribution is -2.49. The number of aryl methyl sites for hydroxylation is 2. The highest BCUT2D eigenvalue weighted by Gasteiger charge is 2.25. The van der Waals surface area contributed by atoms with Crippen molar-refractivity contribution >= 4 is 11.7 Å². The number of benzene rings is 2. The quantitative estimate of drug-likeness (QED) is 0.274. The Bertz CT molecular complexity index is 1150. The van der Waals surface area contributed by atoms with Gasteiger partial charge in [-0.05, 0) is 31.9 Å². The molecule has 1 amide bonds. The average Bonchev–Trinajstić information content (AvgIpc) is 2.92. The molecule has 5 nitrogen and oxygen atoms in total. The maximum atomic E-state index is 12.8. The van der Waals surface area contributed by atoms with Crippen LogP contribution in [0.1, 0.15) is 74.3 Å². The molecule has 1 saturated heterocycles. The van der Waals surface area contributed by atoms with E-state index in [9.17, 15) is 4.79 Å². The van der Waals surface area contributed by atoms with Crippen LogP contribution < -0.4 is 4.90 Å². The third-order valence-electron chi connectivity index (χ3n) is 7.37. The number of carbonyl (C=O) groups is 1. The van der Waals surface area contributed by atoms with Crippen LogP contribution in [0.15, 0.2) is 54.6 Å². The molecule has 0 radical (unpaired) electrons. The average molecular weight is 499 g/mol. The molecule has 0 aliphatic carbocycles. The molecule has 1 aliphatic heterocycles. The SMILES string of the molecule is CCCCCCCCC(=O)N1CCN(c2nc(-c3cccc(C)c3)nc(C)c2Cc2ccccc2)CC1. The zero-order valence-electron chi connectivity index (χ0n) is 22.9. The first kappa shape index (κ1) is 26.8. The highest BCUT2D eigenvalue weighted by molar-refractivity contribution is 5.76. The number of amides is 1. The van der Waals surface area contributed by atoms with E-state index < -0.39 is 0 Å². The van der Waals surface area contributed by atoms with Crippen LogP contribution in [0.4, 0.5) is 5.82 Å². The van der Waals surface area contributed by atoms with Crippen LogP contribution in [-0.4, -0.2) is 47.0 Å². The van der Waals surface area contributed by atoms with Crippen molar-refractivity contribution in [1.82, 2.24) is 14.9 Å². The van der Waals surface area contributed by atoms with Crippen LogP contribution >= 0.6 is 0 Å². The second kappa shape index (κ2) is 13.4. The first-order chi connectivity index (χ1) is 18.0. The topological polar surface area (TPSA) is 49.3 Å². The number of piperazine rings is 1. The minimum Gasteiger partial charge on any atom is -0.353 e. The summed E-state index contributed by atoms with van der Waals surface area (Å²) < 4.78 is 0. The van der Waals surface area contributed by atoms with Crippen LogP contribution in [0.2, 0.25) is 0 Å². The molecule has 2 heterocycles. The summed E-state index contributed by atoms with van der Waals surface area (Å²) in [4.78, 5) is 27.3. The summed E-state index contributed by atoms with van der Waals surface area (Å²) in [7, 11) is 0. The Hall–Kier alpha value is -3.21. The fraction of sp³-hybridized carbons (Fsp3) is 0.469. The fourth-order valence-electron chi connectivity index (χ4n) is 5.15. The zero-order chi connectivity index (χ0) is 26.0. The van der Waals surface area contributed by atoms with Crippen molar-refractivity contribution in [3.8, 4) is 11.4 Å². The lowest BCUT2D eigenvalue weighted by molar-refractivity contribution is -0.131. The van der Waals surface area contributed by atoms with Gasteiger partial charge in [-0.3, -0.25) is 4.79 Å². The van der Waals surface area contributed by atoms with E-state index in [0.29, 0.717) is 12.3 Å². The molecular weight excluding hydrogens is 456 g/mol.